The number of fused-ring (bicyclic) bond motifs is 1. The molecule has 1 saturated heterocycles. The molecular weight excluding hydrogens is 242 g/mol. The Balaban J connectivity index is 2.21. The number of rotatable bonds is 1. The summed E-state index contributed by atoms with van der Waals surface area (Å²) in [6.07, 6.45) is 1.60. The smallest absolute Gasteiger partial charge is 0.323 e. The Labute approximate surface area is 110 Å². The number of nitrogens with zero attached hydrogens (tertiary/aromatic N) is 2. The summed E-state index contributed by atoms with van der Waals surface area (Å²) in [5.41, 5.74) is 0.450. The first-order chi connectivity index (χ1) is 9.00. The van der Waals surface area contributed by atoms with Crippen molar-refractivity contribution in [2.75, 3.05) is 4.90 Å². The lowest BCUT2D eigenvalue weighted by atomic mass is 10.1. The molecule has 19 heavy (non-hydrogen) atoms. The van der Waals surface area contributed by atoms with Gasteiger partial charge in [0.25, 0.3) is 5.91 Å². The van der Waals surface area contributed by atoms with Crippen LogP contribution in [0.5, 0.6) is 0 Å². The van der Waals surface area contributed by atoms with Crippen molar-refractivity contribution in [2.45, 2.75) is 19.4 Å². The Kier molecular flexibility index (Phi) is 2.32. The third-order valence-electron chi connectivity index (χ3n) is 3.23. The Hall–Kier alpha value is -2.43. The number of nitrogens with one attached hydrogen (secondary N) is 1. The van der Waals surface area contributed by atoms with Crippen LogP contribution in [0, 0.1) is 0 Å². The van der Waals surface area contributed by atoms with Gasteiger partial charge in [-0.15, -0.1) is 0 Å². The van der Waals surface area contributed by atoms with Gasteiger partial charge in [-0.05, 0) is 26.0 Å². The van der Waals surface area contributed by atoms with Gasteiger partial charge < -0.3 is 5.32 Å². The molecule has 0 saturated carbocycles. The lowest BCUT2D eigenvalue weighted by Crippen LogP contribution is -2.40. The molecule has 5 heteroatoms. The number of amides is 3. The van der Waals surface area contributed by atoms with Crippen molar-refractivity contribution in [3.05, 3.63) is 36.5 Å². The van der Waals surface area contributed by atoms with Gasteiger partial charge >= 0.3 is 6.03 Å². The molecule has 2 aromatic rings. The third kappa shape index (κ3) is 1.66. The van der Waals surface area contributed by atoms with Crippen molar-refractivity contribution in [3.8, 4) is 0 Å². The van der Waals surface area contributed by atoms with Crippen LogP contribution >= 0.6 is 0 Å². The lowest BCUT2D eigenvalue weighted by Gasteiger charge is -2.17. The van der Waals surface area contributed by atoms with Crippen LogP contribution in [0.2, 0.25) is 0 Å². The average Bonchev–Trinajstić information content (AvgIpc) is 2.58. The highest BCUT2D eigenvalue weighted by atomic mass is 16.2. The maximum atomic E-state index is 12.3. The molecule has 1 aromatic heterocycles. The molecule has 0 spiro atoms. The Morgan fingerprint density at radius 2 is 1.89 bits per heavy atom. The maximum Gasteiger partial charge on any atom is 0.329 e. The third-order valence-corrected chi connectivity index (χ3v) is 3.23. The number of aromatic nitrogens is 1. The zero-order valence-electron chi connectivity index (χ0n) is 10.7. The molecule has 5 nitrogen and oxygen atoms in total. The van der Waals surface area contributed by atoms with E-state index >= 15 is 0 Å². The minimum atomic E-state index is -0.874. The summed E-state index contributed by atoms with van der Waals surface area (Å²) >= 11 is 0. The fraction of sp³-hybridized carbons (Fsp3) is 0.214. The number of benzene rings is 1. The Morgan fingerprint density at radius 3 is 2.58 bits per heavy atom. The minimum absolute atomic E-state index is 0.256. The number of imide groups is 1. The second-order valence-electron chi connectivity index (χ2n) is 5.04. The van der Waals surface area contributed by atoms with E-state index in [9.17, 15) is 9.59 Å². The fourth-order valence-corrected chi connectivity index (χ4v) is 2.24. The quantitative estimate of drug-likeness (QED) is 0.793. The zero-order chi connectivity index (χ0) is 13.6. The minimum Gasteiger partial charge on any atom is -0.323 e. The molecule has 0 radical (unpaired) electrons. The van der Waals surface area contributed by atoms with E-state index in [0.29, 0.717) is 5.69 Å². The molecule has 0 bridgehead atoms. The number of hydrogen-bond donors (Lipinski definition) is 1. The van der Waals surface area contributed by atoms with Crippen molar-refractivity contribution in [3.63, 3.8) is 0 Å². The van der Waals surface area contributed by atoms with E-state index in [1.807, 2.05) is 24.3 Å². The zero-order valence-corrected chi connectivity index (χ0v) is 10.7. The summed E-state index contributed by atoms with van der Waals surface area (Å²) in [7, 11) is 0. The molecule has 2 heterocycles. The molecule has 3 rings (SSSR count). The summed E-state index contributed by atoms with van der Waals surface area (Å²) in [5, 5.41) is 3.46. The van der Waals surface area contributed by atoms with Gasteiger partial charge in [0.05, 0.1) is 11.2 Å². The predicted octanol–water partition coefficient (Wildman–Crippen LogP) is 2.07. The highest BCUT2D eigenvalue weighted by molar-refractivity contribution is 6.25. The monoisotopic (exact) mass is 255 g/mol. The topological polar surface area (TPSA) is 62.3 Å². The van der Waals surface area contributed by atoms with Crippen LogP contribution in [0.4, 0.5) is 10.5 Å². The van der Waals surface area contributed by atoms with Crippen LogP contribution in [-0.4, -0.2) is 22.5 Å². The number of pyridine rings is 1. The molecule has 0 unspecified atom stereocenters. The van der Waals surface area contributed by atoms with Gasteiger partial charge in [-0.2, -0.15) is 0 Å². The fourth-order valence-electron chi connectivity index (χ4n) is 2.24. The van der Waals surface area contributed by atoms with E-state index in [0.717, 1.165) is 10.9 Å². The van der Waals surface area contributed by atoms with E-state index in [1.165, 1.54) is 4.90 Å². The Bertz CT molecular complexity index is 689. The van der Waals surface area contributed by atoms with Gasteiger partial charge in [-0.1, -0.05) is 18.2 Å². The van der Waals surface area contributed by atoms with Gasteiger partial charge in [0.15, 0.2) is 0 Å². The van der Waals surface area contributed by atoms with Crippen molar-refractivity contribution in [2.24, 2.45) is 0 Å². The van der Waals surface area contributed by atoms with E-state index in [-0.39, 0.29) is 5.91 Å². The number of para-hydroxylation sites is 1. The molecule has 0 aliphatic carbocycles. The highest BCUT2D eigenvalue weighted by Gasteiger charge is 2.45. The second kappa shape index (κ2) is 3.78. The second-order valence-corrected chi connectivity index (χ2v) is 5.04. The lowest BCUT2D eigenvalue weighted by molar-refractivity contribution is -0.120. The van der Waals surface area contributed by atoms with Crippen LogP contribution < -0.4 is 10.2 Å². The highest BCUT2D eigenvalue weighted by Crippen LogP contribution is 2.30. The first-order valence-corrected chi connectivity index (χ1v) is 6.01. The molecule has 1 aliphatic rings. The van der Waals surface area contributed by atoms with Crippen molar-refractivity contribution < 1.29 is 9.59 Å². The molecular formula is C14H13N3O2. The Morgan fingerprint density at radius 1 is 1.16 bits per heavy atom. The van der Waals surface area contributed by atoms with Crippen LogP contribution in [-0.2, 0) is 4.79 Å². The maximum absolute atomic E-state index is 12.3. The van der Waals surface area contributed by atoms with Crippen LogP contribution in [0.1, 0.15) is 13.8 Å². The van der Waals surface area contributed by atoms with Gasteiger partial charge in [0.1, 0.15) is 5.54 Å². The van der Waals surface area contributed by atoms with Crippen LogP contribution in [0.25, 0.3) is 10.9 Å². The molecule has 96 valence electrons. The standard InChI is InChI=1S/C14H13N3O2/c1-14(2)12(18)17(13(19)16-14)11-7-8-15-10-6-4-3-5-9(10)11/h3-8H,1-2H3,(H,16,19). The number of urea groups is 1. The van der Waals surface area contributed by atoms with Crippen molar-refractivity contribution in [1.29, 1.82) is 0 Å². The number of hydrogen-bond acceptors (Lipinski definition) is 3. The molecule has 0 atom stereocenters. The van der Waals surface area contributed by atoms with E-state index in [1.54, 1.807) is 26.1 Å². The van der Waals surface area contributed by atoms with Gasteiger partial charge in [0, 0.05) is 11.6 Å². The summed E-state index contributed by atoms with van der Waals surface area (Å²) in [6.45, 7) is 3.38. The van der Waals surface area contributed by atoms with Crippen molar-refractivity contribution in [1.82, 2.24) is 10.3 Å². The summed E-state index contributed by atoms with van der Waals surface area (Å²) in [4.78, 5) is 29.7. The predicted molar refractivity (Wildman–Crippen MR) is 71.8 cm³/mol. The molecule has 1 aliphatic heterocycles. The summed E-state index contributed by atoms with van der Waals surface area (Å²) in [5.74, 6) is -0.256. The molecule has 3 amide bonds. The van der Waals surface area contributed by atoms with E-state index in [2.05, 4.69) is 10.3 Å². The summed E-state index contributed by atoms with van der Waals surface area (Å²) < 4.78 is 0. The normalized spacial score (nSPS) is 17.9. The van der Waals surface area contributed by atoms with Gasteiger partial charge in [-0.3, -0.25) is 9.78 Å². The molecule has 1 fully saturated rings. The number of carbonyl (C=O) groups excluding carboxylic acids is 2. The first-order valence-electron chi connectivity index (χ1n) is 6.01. The summed E-state index contributed by atoms with van der Waals surface area (Å²) in [6, 6.07) is 8.71. The number of carbonyl (C=O) groups is 2. The van der Waals surface area contributed by atoms with E-state index < -0.39 is 11.6 Å². The van der Waals surface area contributed by atoms with Crippen molar-refractivity contribution >= 4 is 28.5 Å². The van der Waals surface area contributed by atoms with Gasteiger partial charge in [0.2, 0.25) is 0 Å². The average molecular weight is 255 g/mol. The first kappa shape index (κ1) is 11.6. The SMILES string of the molecule is CC1(C)NC(=O)N(c2ccnc3ccccc23)C1=O. The molecule has 1 N–H and O–H groups in total. The van der Waals surface area contributed by atoms with Crippen LogP contribution in [0.15, 0.2) is 36.5 Å². The largest absolute Gasteiger partial charge is 0.329 e. The van der Waals surface area contributed by atoms with E-state index in [4.69, 9.17) is 0 Å². The molecule has 1 aromatic carbocycles. The van der Waals surface area contributed by atoms with Crippen LogP contribution in [0.3, 0.4) is 0 Å². The number of anilines is 1. The van der Waals surface area contributed by atoms with Gasteiger partial charge in [-0.25, -0.2) is 9.69 Å².